The second kappa shape index (κ2) is 4.69. The van der Waals surface area contributed by atoms with Gasteiger partial charge in [-0.05, 0) is 24.3 Å². The van der Waals surface area contributed by atoms with Crippen LogP contribution >= 0.6 is 11.6 Å². The van der Waals surface area contributed by atoms with Crippen molar-refractivity contribution in [2.45, 2.75) is 0 Å². The first-order chi connectivity index (χ1) is 7.81. The van der Waals surface area contributed by atoms with E-state index in [1.807, 2.05) is 12.1 Å². The van der Waals surface area contributed by atoms with E-state index in [1.165, 1.54) is 0 Å². The van der Waals surface area contributed by atoms with Crippen LogP contribution in [0.15, 0.2) is 47.1 Å². The van der Waals surface area contributed by atoms with E-state index in [-0.39, 0.29) is 0 Å². The van der Waals surface area contributed by atoms with Gasteiger partial charge in [-0.1, -0.05) is 29.8 Å². The summed E-state index contributed by atoms with van der Waals surface area (Å²) in [7, 11) is 0. The van der Waals surface area contributed by atoms with Crippen LogP contribution in [0, 0.1) is 11.3 Å². The molecule has 1 heterocycles. The first-order valence-corrected chi connectivity index (χ1v) is 5.09. The van der Waals surface area contributed by atoms with Crippen LogP contribution in [-0.2, 0) is 0 Å². The zero-order valence-electron chi connectivity index (χ0n) is 8.35. The Morgan fingerprint density at radius 1 is 1.25 bits per heavy atom. The Hall–Kier alpha value is -1.98. The van der Waals surface area contributed by atoms with E-state index in [2.05, 4.69) is 6.07 Å². The lowest BCUT2D eigenvalue weighted by atomic mass is 10.1. The zero-order valence-corrected chi connectivity index (χ0v) is 9.11. The van der Waals surface area contributed by atoms with Crippen LogP contribution in [0.25, 0.3) is 11.6 Å². The molecule has 0 radical (unpaired) electrons. The van der Waals surface area contributed by atoms with Crippen molar-refractivity contribution in [1.29, 1.82) is 5.26 Å². The average Bonchev–Trinajstić information content (AvgIpc) is 2.80. The molecular weight excluding hydrogens is 222 g/mol. The summed E-state index contributed by atoms with van der Waals surface area (Å²) in [5, 5.41) is 9.64. The SMILES string of the molecule is N#CC(=Cc1ccco1)c1ccccc1Cl. The number of allylic oxidation sites excluding steroid dienone is 1. The van der Waals surface area contributed by atoms with Crippen LogP contribution < -0.4 is 0 Å². The third kappa shape index (κ3) is 2.16. The number of nitriles is 1. The molecule has 0 saturated heterocycles. The van der Waals surface area contributed by atoms with Crippen molar-refractivity contribution >= 4 is 23.3 Å². The fourth-order valence-corrected chi connectivity index (χ4v) is 1.60. The standard InChI is InChI=1S/C13H8ClNO/c14-13-6-2-1-5-12(13)10(9-15)8-11-4-3-7-16-11/h1-8H. The van der Waals surface area contributed by atoms with Gasteiger partial charge in [0.25, 0.3) is 0 Å². The minimum Gasteiger partial charge on any atom is -0.465 e. The van der Waals surface area contributed by atoms with Gasteiger partial charge in [0.15, 0.2) is 0 Å². The van der Waals surface area contributed by atoms with Crippen molar-refractivity contribution in [3.8, 4) is 6.07 Å². The Labute approximate surface area is 98.4 Å². The normalized spacial score (nSPS) is 11.1. The summed E-state index contributed by atoms with van der Waals surface area (Å²) in [5.41, 5.74) is 1.20. The molecule has 78 valence electrons. The molecule has 0 N–H and O–H groups in total. The molecule has 0 fully saturated rings. The second-order valence-corrected chi connectivity index (χ2v) is 3.57. The summed E-state index contributed by atoms with van der Waals surface area (Å²) in [6.45, 7) is 0. The minimum atomic E-state index is 0.487. The number of hydrogen-bond donors (Lipinski definition) is 0. The molecule has 0 bridgehead atoms. The molecule has 0 spiro atoms. The van der Waals surface area contributed by atoms with Crippen molar-refractivity contribution in [3.63, 3.8) is 0 Å². The Morgan fingerprint density at radius 2 is 2.06 bits per heavy atom. The van der Waals surface area contributed by atoms with E-state index in [0.29, 0.717) is 21.9 Å². The van der Waals surface area contributed by atoms with E-state index in [4.69, 9.17) is 21.3 Å². The molecule has 0 amide bonds. The molecule has 1 aromatic carbocycles. The molecule has 0 aliphatic heterocycles. The Morgan fingerprint density at radius 3 is 2.69 bits per heavy atom. The number of rotatable bonds is 2. The van der Waals surface area contributed by atoms with Gasteiger partial charge in [0, 0.05) is 10.6 Å². The van der Waals surface area contributed by atoms with Gasteiger partial charge < -0.3 is 4.42 Å². The first kappa shape index (κ1) is 10.5. The van der Waals surface area contributed by atoms with Crippen molar-refractivity contribution in [3.05, 3.63) is 59.0 Å². The highest BCUT2D eigenvalue weighted by atomic mass is 35.5. The quantitative estimate of drug-likeness (QED) is 0.730. The molecule has 2 rings (SSSR count). The van der Waals surface area contributed by atoms with Crippen LogP contribution in [-0.4, -0.2) is 0 Å². The maximum Gasteiger partial charge on any atom is 0.127 e. The number of nitrogens with zero attached hydrogens (tertiary/aromatic N) is 1. The summed E-state index contributed by atoms with van der Waals surface area (Å²) < 4.78 is 5.16. The Kier molecular flexibility index (Phi) is 3.09. The highest BCUT2D eigenvalue weighted by molar-refractivity contribution is 6.32. The molecule has 0 atom stereocenters. The van der Waals surface area contributed by atoms with Crippen LogP contribution in [0.4, 0.5) is 0 Å². The fourth-order valence-electron chi connectivity index (χ4n) is 1.37. The molecule has 0 aliphatic rings. The van der Waals surface area contributed by atoms with Crippen molar-refractivity contribution in [1.82, 2.24) is 0 Å². The van der Waals surface area contributed by atoms with Crippen LogP contribution in [0.5, 0.6) is 0 Å². The summed E-state index contributed by atoms with van der Waals surface area (Å²) in [6, 6.07) is 12.9. The largest absolute Gasteiger partial charge is 0.465 e. The van der Waals surface area contributed by atoms with Gasteiger partial charge in [0.05, 0.1) is 17.9 Å². The molecule has 0 saturated carbocycles. The van der Waals surface area contributed by atoms with Gasteiger partial charge in [0.2, 0.25) is 0 Å². The van der Waals surface area contributed by atoms with Gasteiger partial charge >= 0.3 is 0 Å². The smallest absolute Gasteiger partial charge is 0.127 e. The lowest BCUT2D eigenvalue weighted by molar-refractivity contribution is 0.557. The topological polar surface area (TPSA) is 36.9 Å². The van der Waals surface area contributed by atoms with Crippen molar-refractivity contribution < 1.29 is 4.42 Å². The van der Waals surface area contributed by atoms with E-state index in [0.717, 1.165) is 0 Å². The summed E-state index contributed by atoms with van der Waals surface area (Å²) in [5.74, 6) is 0.636. The van der Waals surface area contributed by atoms with Gasteiger partial charge in [-0.2, -0.15) is 5.26 Å². The summed E-state index contributed by atoms with van der Waals surface area (Å²) in [6.07, 6.45) is 3.23. The maximum atomic E-state index is 9.08. The fraction of sp³-hybridized carbons (Fsp3) is 0. The molecule has 0 unspecified atom stereocenters. The molecule has 16 heavy (non-hydrogen) atoms. The first-order valence-electron chi connectivity index (χ1n) is 4.71. The van der Waals surface area contributed by atoms with E-state index < -0.39 is 0 Å². The molecule has 1 aromatic heterocycles. The third-order valence-corrected chi connectivity index (χ3v) is 2.44. The van der Waals surface area contributed by atoms with Gasteiger partial charge in [-0.3, -0.25) is 0 Å². The molecule has 3 heteroatoms. The van der Waals surface area contributed by atoms with Gasteiger partial charge in [-0.25, -0.2) is 0 Å². The minimum absolute atomic E-state index is 0.487. The predicted octanol–water partition coefficient (Wildman–Crippen LogP) is 4.00. The highest BCUT2D eigenvalue weighted by Crippen LogP contribution is 2.24. The van der Waals surface area contributed by atoms with Gasteiger partial charge in [-0.15, -0.1) is 0 Å². The molecule has 2 nitrogen and oxygen atoms in total. The maximum absolute atomic E-state index is 9.08. The molecular formula is C13H8ClNO. The summed E-state index contributed by atoms with van der Waals surface area (Å²) >= 11 is 6.02. The monoisotopic (exact) mass is 229 g/mol. The lowest BCUT2D eigenvalue weighted by Crippen LogP contribution is -1.82. The Balaban J connectivity index is 2.46. The van der Waals surface area contributed by atoms with E-state index in [1.54, 1.807) is 36.6 Å². The Bertz CT molecular complexity index is 550. The molecule has 0 aliphatic carbocycles. The van der Waals surface area contributed by atoms with Crippen LogP contribution in [0.2, 0.25) is 5.02 Å². The van der Waals surface area contributed by atoms with E-state index in [9.17, 15) is 0 Å². The lowest BCUT2D eigenvalue weighted by Gasteiger charge is -2.00. The number of halogens is 1. The highest BCUT2D eigenvalue weighted by Gasteiger charge is 2.05. The van der Waals surface area contributed by atoms with Crippen molar-refractivity contribution in [2.24, 2.45) is 0 Å². The number of furan rings is 1. The van der Waals surface area contributed by atoms with Crippen molar-refractivity contribution in [2.75, 3.05) is 0 Å². The summed E-state index contributed by atoms with van der Waals surface area (Å²) in [4.78, 5) is 0. The second-order valence-electron chi connectivity index (χ2n) is 3.17. The predicted molar refractivity (Wildman–Crippen MR) is 63.6 cm³/mol. The van der Waals surface area contributed by atoms with E-state index >= 15 is 0 Å². The van der Waals surface area contributed by atoms with Crippen LogP contribution in [0.3, 0.4) is 0 Å². The molecule has 2 aromatic rings. The van der Waals surface area contributed by atoms with Crippen LogP contribution in [0.1, 0.15) is 11.3 Å². The number of benzene rings is 1. The number of hydrogen-bond acceptors (Lipinski definition) is 2. The average molecular weight is 230 g/mol. The van der Waals surface area contributed by atoms with Gasteiger partial charge in [0.1, 0.15) is 5.76 Å². The zero-order chi connectivity index (χ0) is 11.4. The third-order valence-electron chi connectivity index (χ3n) is 2.11.